The fraction of sp³-hybridized carbons (Fsp3) is 0.118. The molecule has 0 radical (unpaired) electrons. The monoisotopic (exact) mass is 298 g/mol. The molecule has 1 aromatic heterocycles. The van der Waals surface area contributed by atoms with Crippen molar-refractivity contribution >= 4 is 27.4 Å². The maximum absolute atomic E-state index is 11.4. The highest BCUT2D eigenvalue weighted by Crippen LogP contribution is 2.32. The van der Waals surface area contributed by atoms with Crippen LogP contribution in [0.5, 0.6) is 5.75 Å². The summed E-state index contributed by atoms with van der Waals surface area (Å²) in [5.74, 6) is -0.152. The average molecular weight is 298 g/mol. The van der Waals surface area contributed by atoms with E-state index in [1.807, 2.05) is 55.5 Å². The van der Waals surface area contributed by atoms with Gasteiger partial charge in [-0.2, -0.15) is 0 Å². The summed E-state index contributed by atoms with van der Waals surface area (Å²) in [6, 6.07) is 15.4. The lowest BCUT2D eigenvalue weighted by atomic mass is 10.1. The molecule has 4 heteroatoms. The Morgan fingerprint density at radius 3 is 2.76 bits per heavy atom. The minimum Gasteiger partial charge on any atom is -0.489 e. The molecule has 0 unspecified atom stereocenters. The normalized spacial score (nSPS) is 10.7. The quantitative estimate of drug-likeness (QED) is 0.772. The van der Waals surface area contributed by atoms with E-state index in [1.54, 1.807) is 0 Å². The molecule has 0 atom stereocenters. The predicted molar refractivity (Wildman–Crippen MR) is 84.3 cm³/mol. The van der Waals surface area contributed by atoms with Crippen LogP contribution in [0.25, 0.3) is 10.1 Å². The number of aryl methyl sites for hydroxylation is 1. The largest absolute Gasteiger partial charge is 0.489 e. The number of fused-ring (bicyclic) bond motifs is 1. The number of thiophene rings is 1. The van der Waals surface area contributed by atoms with Gasteiger partial charge in [0.25, 0.3) is 0 Å². The molecule has 21 heavy (non-hydrogen) atoms. The minimum atomic E-state index is -0.904. The lowest BCUT2D eigenvalue weighted by Gasteiger charge is -2.07. The lowest BCUT2D eigenvalue weighted by Crippen LogP contribution is -2.02. The second-order valence-corrected chi connectivity index (χ2v) is 5.87. The van der Waals surface area contributed by atoms with E-state index in [9.17, 15) is 9.90 Å². The Balaban J connectivity index is 1.95. The third-order valence-corrected chi connectivity index (χ3v) is 4.47. The van der Waals surface area contributed by atoms with Crippen molar-refractivity contribution in [1.82, 2.24) is 0 Å². The molecule has 0 saturated heterocycles. The van der Waals surface area contributed by atoms with Gasteiger partial charge in [-0.1, -0.05) is 30.3 Å². The molecule has 3 rings (SSSR count). The van der Waals surface area contributed by atoms with Crippen molar-refractivity contribution in [2.75, 3.05) is 0 Å². The maximum atomic E-state index is 11.4. The van der Waals surface area contributed by atoms with Gasteiger partial charge in [0.2, 0.25) is 0 Å². The molecule has 106 valence electrons. The van der Waals surface area contributed by atoms with E-state index in [0.717, 1.165) is 27.0 Å². The van der Waals surface area contributed by atoms with Crippen LogP contribution in [0.3, 0.4) is 0 Å². The molecule has 0 bridgehead atoms. The molecule has 0 amide bonds. The third-order valence-electron chi connectivity index (χ3n) is 3.27. The molecule has 3 aromatic rings. The highest BCUT2D eigenvalue weighted by Gasteiger charge is 2.17. The van der Waals surface area contributed by atoms with E-state index in [0.29, 0.717) is 4.88 Å². The van der Waals surface area contributed by atoms with Crippen LogP contribution in [0.1, 0.15) is 20.8 Å². The van der Waals surface area contributed by atoms with Crippen LogP contribution in [-0.2, 0) is 6.61 Å². The molecule has 3 nitrogen and oxygen atoms in total. The van der Waals surface area contributed by atoms with Crippen LogP contribution in [0.15, 0.2) is 48.5 Å². The molecule has 0 fully saturated rings. The summed E-state index contributed by atoms with van der Waals surface area (Å²) in [7, 11) is 0. The Morgan fingerprint density at radius 1 is 1.19 bits per heavy atom. The predicted octanol–water partition coefficient (Wildman–Crippen LogP) is 4.49. The standard InChI is InChI=1S/C17H14O3S/c1-11-5-4-6-12(9-11)20-10-14-13-7-2-3-8-15(13)21-16(14)17(18)19/h2-9H,10H2,1H3,(H,18,19). The molecule has 1 heterocycles. The summed E-state index contributed by atoms with van der Waals surface area (Å²) in [5, 5.41) is 10.3. The zero-order valence-corrected chi connectivity index (χ0v) is 12.3. The number of carbonyl (C=O) groups is 1. The van der Waals surface area contributed by atoms with Crippen molar-refractivity contribution in [2.45, 2.75) is 13.5 Å². The Bertz CT molecular complexity index is 805. The van der Waals surface area contributed by atoms with Gasteiger partial charge in [0.05, 0.1) is 0 Å². The van der Waals surface area contributed by atoms with Crippen molar-refractivity contribution in [2.24, 2.45) is 0 Å². The summed E-state index contributed by atoms with van der Waals surface area (Å²) in [6.07, 6.45) is 0. The van der Waals surface area contributed by atoms with Crippen LogP contribution >= 0.6 is 11.3 Å². The number of carboxylic acid groups (broad SMARTS) is 1. The van der Waals surface area contributed by atoms with Gasteiger partial charge >= 0.3 is 5.97 Å². The number of rotatable bonds is 4. The second kappa shape index (κ2) is 5.58. The van der Waals surface area contributed by atoms with Crippen molar-refractivity contribution in [3.05, 3.63) is 64.5 Å². The number of hydrogen-bond donors (Lipinski definition) is 1. The van der Waals surface area contributed by atoms with Gasteiger partial charge < -0.3 is 9.84 Å². The average Bonchev–Trinajstić information content (AvgIpc) is 2.84. The fourth-order valence-corrected chi connectivity index (χ4v) is 3.32. The number of benzene rings is 2. The van der Waals surface area contributed by atoms with E-state index in [2.05, 4.69) is 0 Å². The summed E-state index contributed by atoms with van der Waals surface area (Å²) >= 11 is 1.29. The van der Waals surface area contributed by atoms with Crippen LogP contribution in [0.2, 0.25) is 0 Å². The first-order chi connectivity index (χ1) is 10.1. The highest BCUT2D eigenvalue weighted by molar-refractivity contribution is 7.21. The molecule has 2 aromatic carbocycles. The summed E-state index contributed by atoms with van der Waals surface area (Å²) in [5.41, 5.74) is 1.85. The smallest absolute Gasteiger partial charge is 0.346 e. The van der Waals surface area contributed by atoms with E-state index < -0.39 is 5.97 Å². The molecule has 0 aliphatic rings. The van der Waals surface area contributed by atoms with Crippen LogP contribution in [0, 0.1) is 6.92 Å². The fourth-order valence-electron chi connectivity index (χ4n) is 2.28. The van der Waals surface area contributed by atoms with E-state index in [1.165, 1.54) is 11.3 Å². The van der Waals surface area contributed by atoms with Gasteiger partial charge in [-0.25, -0.2) is 4.79 Å². The zero-order valence-electron chi connectivity index (χ0n) is 11.5. The zero-order chi connectivity index (χ0) is 14.8. The Morgan fingerprint density at radius 2 is 2.00 bits per heavy atom. The Labute approximate surface area is 126 Å². The molecule has 0 saturated carbocycles. The summed E-state index contributed by atoms with van der Waals surface area (Å²) in [4.78, 5) is 11.8. The van der Waals surface area contributed by atoms with Crippen LogP contribution in [0.4, 0.5) is 0 Å². The first-order valence-electron chi connectivity index (χ1n) is 6.58. The van der Waals surface area contributed by atoms with Crippen molar-refractivity contribution in [3.8, 4) is 5.75 Å². The summed E-state index contributed by atoms with van der Waals surface area (Å²) in [6.45, 7) is 2.25. The van der Waals surface area contributed by atoms with Crippen molar-refractivity contribution < 1.29 is 14.6 Å². The van der Waals surface area contributed by atoms with Crippen LogP contribution in [-0.4, -0.2) is 11.1 Å². The van der Waals surface area contributed by atoms with Gasteiger partial charge in [-0.15, -0.1) is 11.3 Å². The minimum absolute atomic E-state index is 0.259. The second-order valence-electron chi connectivity index (χ2n) is 4.82. The number of hydrogen-bond acceptors (Lipinski definition) is 3. The Kier molecular flexibility index (Phi) is 3.62. The molecule has 0 aliphatic carbocycles. The first kappa shape index (κ1) is 13.6. The van der Waals surface area contributed by atoms with E-state index in [-0.39, 0.29) is 6.61 Å². The highest BCUT2D eigenvalue weighted by atomic mass is 32.1. The van der Waals surface area contributed by atoms with Gasteiger partial charge in [0.1, 0.15) is 17.2 Å². The van der Waals surface area contributed by atoms with Gasteiger partial charge in [-0.05, 0) is 36.1 Å². The topological polar surface area (TPSA) is 46.5 Å². The molecule has 0 spiro atoms. The number of ether oxygens (including phenoxy) is 1. The Hall–Kier alpha value is -2.33. The van der Waals surface area contributed by atoms with Crippen LogP contribution < -0.4 is 4.74 Å². The third kappa shape index (κ3) is 2.76. The van der Waals surface area contributed by atoms with Gasteiger partial charge in [0.15, 0.2) is 0 Å². The van der Waals surface area contributed by atoms with Gasteiger partial charge in [-0.3, -0.25) is 0 Å². The molecular formula is C17H14O3S. The molecular weight excluding hydrogens is 284 g/mol. The SMILES string of the molecule is Cc1cccc(OCc2c(C(=O)O)sc3ccccc23)c1. The number of aromatic carboxylic acids is 1. The van der Waals surface area contributed by atoms with Crippen molar-refractivity contribution in [1.29, 1.82) is 0 Å². The van der Waals surface area contributed by atoms with E-state index in [4.69, 9.17) is 4.74 Å². The number of carboxylic acids is 1. The molecule has 1 N–H and O–H groups in total. The van der Waals surface area contributed by atoms with E-state index >= 15 is 0 Å². The van der Waals surface area contributed by atoms with Crippen molar-refractivity contribution in [3.63, 3.8) is 0 Å². The van der Waals surface area contributed by atoms with Gasteiger partial charge in [0, 0.05) is 10.3 Å². The maximum Gasteiger partial charge on any atom is 0.346 e. The summed E-state index contributed by atoms with van der Waals surface area (Å²) < 4.78 is 6.74. The molecule has 0 aliphatic heterocycles. The lowest BCUT2D eigenvalue weighted by molar-refractivity contribution is 0.0699. The first-order valence-corrected chi connectivity index (χ1v) is 7.40.